The molecular weight excluding hydrogens is 414 g/mol. The summed E-state index contributed by atoms with van der Waals surface area (Å²) in [7, 11) is 2.11. The molecule has 1 fully saturated rings. The van der Waals surface area contributed by atoms with Crippen molar-refractivity contribution < 1.29 is 4.79 Å². The monoisotopic (exact) mass is 437 g/mol. The van der Waals surface area contributed by atoms with Crippen LogP contribution in [0.5, 0.6) is 0 Å². The Kier molecular flexibility index (Phi) is 5.28. The van der Waals surface area contributed by atoms with Gasteiger partial charge in [0, 0.05) is 23.3 Å². The maximum atomic E-state index is 12.5. The van der Waals surface area contributed by atoms with Gasteiger partial charge in [-0.25, -0.2) is 4.99 Å². The number of allylic oxidation sites excluding steroid dienone is 1. The number of carbonyl (C=O) groups excluding carboxylic acids is 1. The quantitative estimate of drug-likeness (QED) is 0.571. The Labute approximate surface area is 186 Å². The van der Waals surface area contributed by atoms with Gasteiger partial charge in [0.25, 0.3) is 5.91 Å². The number of carbonyl (C=O) groups is 1. The Hall–Kier alpha value is -2.50. The highest BCUT2D eigenvalue weighted by molar-refractivity contribution is 8.18. The van der Waals surface area contributed by atoms with Crippen LogP contribution in [0.1, 0.15) is 37.5 Å². The van der Waals surface area contributed by atoms with Crippen LogP contribution in [0.3, 0.4) is 0 Å². The molecule has 0 atom stereocenters. The van der Waals surface area contributed by atoms with Gasteiger partial charge in [-0.05, 0) is 86.5 Å². The first-order chi connectivity index (χ1) is 14.2. The fourth-order valence-corrected chi connectivity index (χ4v) is 4.73. The zero-order chi connectivity index (χ0) is 21.6. The number of hydrogen-bond acceptors (Lipinski definition) is 4. The van der Waals surface area contributed by atoms with Crippen LogP contribution in [0, 0.1) is 6.92 Å². The standard InChI is InChI=1S/C24H24ClN3OS/c1-14-13-24(3,4)28(5)20-10-9-16(11-17(14)20)12-21-22(29)27-23(30-21)26-19-8-6-7-18(25)15(19)2/h6-13H,1-5H3,(H,26,27,29)/b21-12-. The van der Waals surface area contributed by atoms with Crippen LogP contribution in [-0.4, -0.2) is 23.7 Å². The zero-order valence-electron chi connectivity index (χ0n) is 17.7. The second-order valence-electron chi connectivity index (χ2n) is 8.18. The summed E-state index contributed by atoms with van der Waals surface area (Å²) in [6.45, 7) is 8.47. The van der Waals surface area contributed by atoms with Gasteiger partial charge in [-0.1, -0.05) is 29.8 Å². The van der Waals surface area contributed by atoms with Crippen molar-refractivity contribution in [3.05, 3.63) is 69.1 Å². The number of likely N-dealkylation sites (N-methyl/N-ethyl adjacent to an activating group) is 1. The number of amides is 1. The molecule has 2 aliphatic heterocycles. The third-order valence-electron chi connectivity index (χ3n) is 5.65. The van der Waals surface area contributed by atoms with Crippen molar-refractivity contribution >= 4 is 57.5 Å². The number of nitrogens with one attached hydrogen (secondary N) is 1. The molecule has 1 saturated heterocycles. The Balaban J connectivity index is 1.63. The summed E-state index contributed by atoms with van der Waals surface area (Å²) < 4.78 is 0. The molecule has 1 N–H and O–H groups in total. The van der Waals surface area contributed by atoms with Crippen LogP contribution in [0.25, 0.3) is 11.6 Å². The first kappa shape index (κ1) is 20.8. The largest absolute Gasteiger partial charge is 0.366 e. The van der Waals surface area contributed by atoms with Gasteiger partial charge in [-0.3, -0.25) is 4.79 Å². The van der Waals surface area contributed by atoms with Crippen molar-refractivity contribution in [2.75, 3.05) is 11.9 Å². The lowest BCUT2D eigenvalue weighted by Crippen LogP contribution is -2.42. The fourth-order valence-electron chi connectivity index (χ4n) is 3.73. The molecule has 0 aliphatic carbocycles. The van der Waals surface area contributed by atoms with Crippen LogP contribution in [0.2, 0.25) is 5.02 Å². The SMILES string of the molecule is CC1=CC(C)(C)N(C)c2ccc(/C=C3\SC(=Nc4cccc(Cl)c4C)NC3=O)cc21. The molecule has 0 unspecified atom stereocenters. The molecule has 2 aromatic carbocycles. The second-order valence-corrected chi connectivity index (χ2v) is 9.62. The molecular formula is C24H24ClN3OS. The lowest BCUT2D eigenvalue weighted by Gasteiger charge is -2.40. The van der Waals surface area contributed by atoms with Gasteiger partial charge in [-0.2, -0.15) is 0 Å². The van der Waals surface area contributed by atoms with Gasteiger partial charge in [0.05, 0.1) is 16.1 Å². The topological polar surface area (TPSA) is 44.7 Å². The van der Waals surface area contributed by atoms with Crippen molar-refractivity contribution in [3.63, 3.8) is 0 Å². The van der Waals surface area contributed by atoms with Crippen molar-refractivity contribution in [3.8, 4) is 0 Å². The van der Waals surface area contributed by atoms with E-state index >= 15 is 0 Å². The minimum absolute atomic E-state index is 0.0257. The van der Waals surface area contributed by atoms with Crippen molar-refractivity contribution in [1.29, 1.82) is 0 Å². The first-order valence-corrected chi connectivity index (χ1v) is 11.0. The van der Waals surface area contributed by atoms with E-state index in [-0.39, 0.29) is 11.4 Å². The molecule has 2 heterocycles. The van der Waals surface area contributed by atoms with Crippen LogP contribution in [0.4, 0.5) is 11.4 Å². The number of benzene rings is 2. The van der Waals surface area contributed by atoms with E-state index in [0.717, 1.165) is 16.8 Å². The highest BCUT2D eigenvalue weighted by atomic mass is 35.5. The fraction of sp³-hybridized carbons (Fsp3) is 0.250. The average Bonchev–Trinajstić information content (AvgIpc) is 3.02. The normalized spacial score (nSPS) is 20.4. The van der Waals surface area contributed by atoms with E-state index in [4.69, 9.17) is 11.6 Å². The minimum Gasteiger partial charge on any atom is -0.366 e. The molecule has 0 saturated carbocycles. The number of rotatable bonds is 2. The summed E-state index contributed by atoms with van der Waals surface area (Å²) in [5, 5.41) is 4.07. The Bertz CT molecular complexity index is 1150. The average molecular weight is 438 g/mol. The number of amidine groups is 1. The predicted octanol–water partition coefficient (Wildman–Crippen LogP) is 6.17. The van der Waals surface area contributed by atoms with Gasteiger partial charge in [-0.15, -0.1) is 0 Å². The summed E-state index contributed by atoms with van der Waals surface area (Å²) in [5.74, 6) is -0.137. The van der Waals surface area contributed by atoms with Crippen LogP contribution >= 0.6 is 23.4 Å². The van der Waals surface area contributed by atoms with E-state index in [1.807, 2.05) is 31.2 Å². The molecule has 2 aromatic rings. The Morgan fingerprint density at radius 3 is 2.73 bits per heavy atom. The highest BCUT2D eigenvalue weighted by Gasteiger charge is 2.29. The van der Waals surface area contributed by atoms with Gasteiger partial charge in [0.1, 0.15) is 0 Å². The van der Waals surface area contributed by atoms with Gasteiger partial charge in [0.2, 0.25) is 0 Å². The molecule has 6 heteroatoms. The van der Waals surface area contributed by atoms with Crippen LogP contribution in [-0.2, 0) is 4.79 Å². The van der Waals surface area contributed by atoms with Crippen LogP contribution in [0.15, 0.2) is 52.4 Å². The number of aliphatic imine (C=N–C) groups is 1. The number of halogens is 1. The molecule has 0 bridgehead atoms. The number of thioether (sulfide) groups is 1. The van der Waals surface area contributed by atoms with E-state index in [0.29, 0.717) is 15.1 Å². The van der Waals surface area contributed by atoms with Gasteiger partial charge < -0.3 is 10.2 Å². The predicted molar refractivity (Wildman–Crippen MR) is 130 cm³/mol. The lowest BCUT2D eigenvalue weighted by atomic mass is 9.88. The molecule has 154 valence electrons. The van der Waals surface area contributed by atoms with Crippen molar-refractivity contribution in [1.82, 2.24) is 5.32 Å². The zero-order valence-corrected chi connectivity index (χ0v) is 19.3. The van der Waals surface area contributed by atoms with E-state index in [1.54, 1.807) is 0 Å². The summed E-state index contributed by atoms with van der Waals surface area (Å²) in [5.41, 5.74) is 6.25. The Morgan fingerprint density at radius 2 is 1.97 bits per heavy atom. The number of fused-ring (bicyclic) bond motifs is 1. The van der Waals surface area contributed by atoms with E-state index in [1.165, 1.54) is 28.6 Å². The number of nitrogens with zero attached hydrogens (tertiary/aromatic N) is 2. The lowest BCUT2D eigenvalue weighted by molar-refractivity contribution is -0.115. The van der Waals surface area contributed by atoms with Gasteiger partial charge >= 0.3 is 0 Å². The summed E-state index contributed by atoms with van der Waals surface area (Å²) >= 11 is 7.52. The second kappa shape index (κ2) is 7.64. The smallest absolute Gasteiger partial charge is 0.264 e. The minimum atomic E-state index is -0.137. The third kappa shape index (κ3) is 3.80. The molecule has 30 heavy (non-hydrogen) atoms. The van der Waals surface area contributed by atoms with Crippen molar-refractivity contribution in [2.24, 2.45) is 4.99 Å². The summed E-state index contributed by atoms with van der Waals surface area (Å²) in [6, 6.07) is 11.9. The molecule has 0 spiro atoms. The Morgan fingerprint density at radius 1 is 1.20 bits per heavy atom. The van der Waals surface area contributed by atoms with E-state index in [2.05, 4.69) is 67.3 Å². The highest BCUT2D eigenvalue weighted by Crippen LogP contribution is 2.39. The third-order valence-corrected chi connectivity index (χ3v) is 6.97. The molecule has 4 rings (SSSR count). The molecule has 0 radical (unpaired) electrons. The molecule has 2 aliphatic rings. The molecule has 0 aromatic heterocycles. The molecule has 4 nitrogen and oxygen atoms in total. The van der Waals surface area contributed by atoms with Crippen LogP contribution < -0.4 is 10.2 Å². The number of anilines is 1. The van der Waals surface area contributed by atoms with Gasteiger partial charge in [0.15, 0.2) is 5.17 Å². The maximum Gasteiger partial charge on any atom is 0.264 e. The summed E-state index contributed by atoms with van der Waals surface area (Å²) in [6.07, 6.45) is 4.20. The number of hydrogen-bond donors (Lipinski definition) is 1. The first-order valence-electron chi connectivity index (χ1n) is 9.78. The van der Waals surface area contributed by atoms with E-state index in [9.17, 15) is 4.79 Å². The molecule has 1 amide bonds. The van der Waals surface area contributed by atoms with E-state index < -0.39 is 0 Å². The summed E-state index contributed by atoms with van der Waals surface area (Å²) in [4.78, 5) is 20.0. The maximum absolute atomic E-state index is 12.5. The van der Waals surface area contributed by atoms with Crippen molar-refractivity contribution in [2.45, 2.75) is 33.2 Å².